The summed E-state index contributed by atoms with van der Waals surface area (Å²) < 4.78 is 12.0. The van der Waals surface area contributed by atoms with E-state index in [0.29, 0.717) is 41.2 Å². The van der Waals surface area contributed by atoms with Crippen molar-refractivity contribution in [2.75, 3.05) is 6.61 Å². The summed E-state index contributed by atoms with van der Waals surface area (Å²) in [5.74, 6) is 3.37. The Balaban J connectivity index is 1.58. The van der Waals surface area contributed by atoms with E-state index in [9.17, 15) is 0 Å². The second-order valence-electron chi connectivity index (χ2n) is 7.33. The molecule has 1 aromatic carbocycles. The number of furan rings is 1. The molecule has 0 amide bonds. The van der Waals surface area contributed by atoms with Gasteiger partial charge in [0, 0.05) is 23.2 Å². The molecule has 0 saturated carbocycles. The first-order chi connectivity index (χ1) is 14.0. The van der Waals surface area contributed by atoms with Crippen molar-refractivity contribution in [3.63, 3.8) is 0 Å². The maximum Gasteiger partial charge on any atom is 0.175 e. The Morgan fingerprint density at radius 2 is 2.10 bits per heavy atom. The van der Waals surface area contributed by atoms with E-state index in [1.165, 1.54) is 0 Å². The highest BCUT2D eigenvalue weighted by molar-refractivity contribution is 6.30. The Morgan fingerprint density at radius 3 is 2.90 bits per heavy atom. The molecule has 0 aliphatic heterocycles. The van der Waals surface area contributed by atoms with Crippen LogP contribution in [0, 0.1) is 5.92 Å². The van der Waals surface area contributed by atoms with Crippen LogP contribution < -0.4 is 4.74 Å². The molecular formula is C23H22ClN3O2. The van der Waals surface area contributed by atoms with Gasteiger partial charge in [0.25, 0.3) is 0 Å². The van der Waals surface area contributed by atoms with Crippen molar-refractivity contribution >= 4 is 28.8 Å². The van der Waals surface area contributed by atoms with Crippen LogP contribution in [-0.2, 0) is 6.42 Å². The standard InChI is InChI=1S/C23H22ClN3O2/c1-4-15-9-19-22(25-12-15)27-23(26-19)21-8-6-18(29-21)11-16-10-17(24)5-7-20(16)28-13-14(2)3/h4-10,12,14H,1,11,13H2,2-3H3,(H,25,26,27). The topological polar surface area (TPSA) is 63.9 Å². The van der Waals surface area contributed by atoms with Crippen LogP contribution in [0.1, 0.15) is 30.7 Å². The Kier molecular flexibility index (Phi) is 5.41. The van der Waals surface area contributed by atoms with E-state index in [0.717, 1.165) is 28.2 Å². The average molecular weight is 408 g/mol. The van der Waals surface area contributed by atoms with E-state index < -0.39 is 0 Å². The molecule has 0 radical (unpaired) electrons. The van der Waals surface area contributed by atoms with Crippen molar-refractivity contribution in [1.82, 2.24) is 15.0 Å². The number of ether oxygens (including phenoxy) is 1. The molecule has 4 rings (SSSR count). The quantitative estimate of drug-likeness (QED) is 0.399. The summed E-state index contributed by atoms with van der Waals surface area (Å²) in [6, 6.07) is 11.4. The number of hydrogen-bond donors (Lipinski definition) is 1. The van der Waals surface area contributed by atoms with Crippen molar-refractivity contribution in [1.29, 1.82) is 0 Å². The largest absolute Gasteiger partial charge is 0.493 e. The predicted octanol–water partition coefficient (Wildman–Crippen LogP) is 6.14. The van der Waals surface area contributed by atoms with Crippen LogP contribution in [0.15, 0.2) is 53.6 Å². The summed E-state index contributed by atoms with van der Waals surface area (Å²) in [5.41, 5.74) is 3.39. The van der Waals surface area contributed by atoms with Crippen LogP contribution in [0.5, 0.6) is 5.75 Å². The van der Waals surface area contributed by atoms with E-state index >= 15 is 0 Å². The zero-order chi connectivity index (χ0) is 20.4. The smallest absolute Gasteiger partial charge is 0.175 e. The predicted molar refractivity (Wildman–Crippen MR) is 116 cm³/mol. The van der Waals surface area contributed by atoms with Crippen LogP contribution in [0.2, 0.25) is 5.02 Å². The molecule has 0 fully saturated rings. The first kappa shape index (κ1) is 19.3. The number of aromatic nitrogens is 3. The van der Waals surface area contributed by atoms with E-state index in [1.807, 2.05) is 36.4 Å². The maximum absolute atomic E-state index is 6.20. The summed E-state index contributed by atoms with van der Waals surface area (Å²) in [6.45, 7) is 8.65. The van der Waals surface area contributed by atoms with Crippen molar-refractivity contribution < 1.29 is 9.15 Å². The zero-order valence-electron chi connectivity index (χ0n) is 16.4. The number of pyridine rings is 1. The molecule has 0 atom stereocenters. The molecule has 0 spiro atoms. The zero-order valence-corrected chi connectivity index (χ0v) is 17.2. The maximum atomic E-state index is 6.20. The molecule has 148 valence electrons. The summed E-state index contributed by atoms with van der Waals surface area (Å²) in [6.07, 6.45) is 4.07. The molecule has 0 bridgehead atoms. The van der Waals surface area contributed by atoms with Gasteiger partial charge in [-0.15, -0.1) is 0 Å². The van der Waals surface area contributed by atoms with Crippen molar-refractivity contribution in [3.8, 4) is 17.3 Å². The number of imidazole rings is 1. The van der Waals surface area contributed by atoms with Gasteiger partial charge in [0.15, 0.2) is 17.2 Å². The summed E-state index contributed by atoms with van der Waals surface area (Å²) >= 11 is 6.20. The van der Waals surface area contributed by atoms with Gasteiger partial charge in [0.05, 0.1) is 6.61 Å². The lowest BCUT2D eigenvalue weighted by Crippen LogP contribution is -2.06. The number of halogens is 1. The van der Waals surface area contributed by atoms with Crippen molar-refractivity contribution in [3.05, 3.63) is 71.1 Å². The molecule has 0 unspecified atom stereocenters. The lowest BCUT2D eigenvalue weighted by Gasteiger charge is -2.13. The van der Waals surface area contributed by atoms with Gasteiger partial charge in [-0.1, -0.05) is 38.1 Å². The highest BCUT2D eigenvalue weighted by Gasteiger charge is 2.13. The van der Waals surface area contributed by atoms with E-state index in [4.69, 9.17) is 20.8 Å². The number of H-pyrrole nitrogens is 1. The van der Waals surface area contributed by atoms with Crippen LogP contribution in [-0.4, -0.2) is 21.6 Å². The van der Waals surface area contributed by atoms with E-state index in [2.05, 4.69) is 35.4 Å². The lowest BCUT2D eigenvalue weighted by molar-refractivity contribution is 0.268. The molecular weight excluding hydrogens is 386 g/mol. The van der Waals surface area contributed by atoms with Gasteiger partial charge >= 0.3 is 0 Å². The molecule has 29 heavy (non-hydrogen) atoms. The van der Waals surface area contributed by atoms with Gasteiger partial charge in [0.1, 0.15) is 17.0 Å². The molecule has 3 aromatic heterocycles. The first-order valence-electron chi connectivity index (χ1n) is 9.50. The highest BCUT2D eigenvalue weighted by atomic mass is 35.5. The summed E-state index contributed by atoms with van der Waals surface area (Å²) in [4.78, 5) is 12.2. The fourth-order valence-electron chi connectivity index (χ4n) is 3.01. The van der Waals surface area contributed by atoms with Gasteiger partial charge in [0.2, 0.25) is 0 Å². The molecule has 6 heteroatoms. The number of hydrogen-bond acceptors (Lipinski definition) is 4. The fraction of sp³-hybridized carbons (Fsp3) is 0.217. The fourth-order valence-corrected chi connectivity index (χ4v) is 3.21. The normalized spacial score (nSPS) is 11.3. The van der Waals surface area contributed by atoms with Gasteiger partial charge in [-0.05, 0) is 47.9 Å². The molecule has 0 aliphatic rings. The molecule has 5 nitrogen and oxygen atoms in total. The van der Waals surface area contributed by atoms with Crippen LogP contribution in [0.25, 0.3) is 28.8 Å². The number of fused-ring (bicyclic) bond motifs is 1. The third-order valence-electron chi connectivity index (χ3n) is 4.45. The average Bonchev–Trinajstić information content (AvgIpc) is 3.33. The van der Waals surface area contributed by atoms with Crippen LogP contribution >= 0.6 is 11.6 Å². The van der Waals surface area contributed by atoms with E-state index in [1.54, 1.807) is 12.3 Å². The Hall–Kier alpha value is -3.05. The Bertz CT molecular complexity index is 1160. The number of nitrogens with zero attached hydrogens (tertiary/aromatic N) is 2. The lowest BCUT2D eigenvalue weighted by atomic mass is 10.1. The molecule has 0 saturated heterocycles. The number of nitrogens with one attached hydrogen (secondary N) is 1. The number of benzene rings is 1. The third-order valence-corrected chi connectivity index (χ3v) is 4.68. The molecule has 4 aromatic rings. The highest BCUT2D eigenvalue weighted by Crippen LogP contribution is 2.28. The van der Waals surface area contributed by atoms with Crippen molar-refractivity contribution in [2.45, 2.75) is 20.3 Å². The van der Waals surface area contributed by atoms with Crippen LogP contribution in [0.4, 0.5) is 0 Å². The molecule has 3 heterocycles. The van der Waals surface area contributed by atoms with Gasteiger partial charge in [-0.3, -0.25) is 0 Å². The van der Waals surface area contributed by atoms with Gasteiger partial charge in [-0.2, -0.15) is 0 Å². The summed E-state index contributed by atoms with van der Waals surface area (Å²) in [7, 11) is 0. The van der Waals surface area contributed by atoms with Gasteiger partial charge < -0.3 is 14.1 Å². The summed E-state index contributed by atoms with van der Waals surface area (Å²) in [5, 5.41) is 0.671. The molecule has 0 aliphatic carbocycles. The minimum atomic E-state index is 0.442. The Morgan fingerprint density at radius 1 is 1.24 bits per heavy atom. The minimum Gasteiger partial charge on any atom is -0.493 e. The minimum absolute atomic E-state index is 0.442. The third kappa shape index (κ3) is 4.35. The number of rotatable bonds is 7. The van der Waals surface area contributed by atoms with Crippen molar-refractivity contribution in [2.24, 2.45) is 5.92 Å². The second kappa shape index (κ2) is 8.13. The van der Waals surface area contributed by atoms with Gasteiger partial charge in [-0.25, -0.2) is 9.97 Å². The number of aromatic amines is 1. The molecule has 1 N–H and O–H groups in total. The van der Waals surface area contributed by atoms with E-state index in [-0.39, 0.29) is 0 Å². The van der Waals surface area contributed by atoms with Crippen LogP contribution in [0.3, 0.4) is 0 Å². The Labute approximate surface area is 174 Å². The first-order valence-corrected chi connectivity index (χ1v) is 9.88. The SMILES string of the molecule is C=Cc1cnc2[nH]c(-c3ccc(Cc4cc(Cl)ccc4OCC(C)C)o3)nc2c1. The second-order valence-corrected chi connectivity index (χ2v) is 7.76. The monoisotopic (exact) mass is 407 g/mol.